The lowest BCUT2D eigenvalue weighted by molar-refractivity contribution is -0.112. The first-order valence-electron chi connectivity index (χ1n) is 7.79. The van der Waals surface area contributed by atoms with Gasteiger partial charge in [-0.25, -0.2) is 9.98 Å². The molecule has 1 N–H and O–H groups in total. The number of aromatic hydroxyl groups is 1. The summed E-state index contributed by atoms with van der Waals surface area (Å²) in [5.41, 5.74) is 1.11. The molecule has 124 valence electrons. The molecule has 0 spiro atoms. The van der Waals surface area contributed by atoms with Crippen molar-refractivity contribution in [3.05, 3.63) is 69.0 Å². The molecule has 1 aromatic carbocycles. The molecule has 3 aromatic rings. The number of rotatable bonds is 3. The molecule has 0 aliphatic carbocycles. The Morgan fingerprint density at radius 1 is 1.24 bits per heavy atom. The number of carbonyl (C=O) groups is 1. The van der Waals surface area contributed by atoms with E-state index in [1.165, 1.54) is 11.3 Å². The highest BCUT2D eigenvalue weighted by atomic mass is 32.1. The van der Waals surface area contributed by atoms with Crippen LogP contribution in [0.1, 0.15) is 11.8 Å². The maximum Gasteiger partial charge on any atom is 0.279 e. The quantitative estimate of drug-likeness (QED) is 0.772. The normalized spacial score (nSPS) is 13.9. The Morgan fingerprint density at radius 3 is 2.84 bits per heavy atom. The molecule has 1 aliphatic rings. The van der Waals surface area contributed by atoms with Crippen LogP contribution in [0.3, 0.4) is 0 Å². The van der Waals surface area contributed by atoms with E-state index >= 15 is 0 Å². The van der Waals surface area contributed by atoms with Crippen LogP contribution in [0.2, 0.25) is 0 Å². The summed E-state index contributed by atoms with van der Waals surface area (Å²) in [7, 11) is 0. The van der Waals surface area contributed by atoms with Crippen LogP contribution in [0.4, 0.5) is 5.69 Å². The van der Waals surface area contributed by atoms with Crippen LogP contribution in [0, 0.1) is 0 Å². The summed E-state index contributed by atoms with van der Waals surface area (Å²) < 4.78 is 1.67. The molecule has 1 amide bonds. The largest absolute Gasteiger partial charge is 0.493 e. The average Bonchev–Trinajstić information content (AvgIpc) is 3.11. The van der Waals surface area contributed by atoms with Gasteiger partial charge in [0.05, 0.1) is 22.8 Å². The number of amides is 1. The van der Waals surface area contributed by atoms with Crippen molar-refractivity contribution in [2.75, 3.05) is 0 Å². The van der Waals surface area contributed by atoms with Gasteiger partial charge < -0.3 is 5.11 Å². The van der Waals surface area contributed by atoms with Crippen molar-refractivity contribution < 1.29 is 9.90 Å². The lowest BCUT2D eigenvalue weighted by Gasteiger charge is -2.01. The van der Waals surface area contributed by atoms with Crippen LogP contribution in [-0.4, -0.2) is 20.6 Å². The molecule has 0 radical (unpaired) electrons. The molecule has 25 heavy (non-hydrogen) atoms. The van der Waals surface area contributed by atoms with Gasteiger partial charge in [0.25, 0.3) is 5.91 Å². The van der Waals surface area contributed by atoms with E-state index in [1.54, 1.807) is 29.1 Å². The van der Waals surface area contributed by atoms with E-state index in [0.717, 1.165) is 5.22 Å². The fraction of sp³-hybridized carbons (Fsp3) is 0.111. The second kappa shape index (κ2) is 6.10. The Kier molecular flexibility index (Phi) is 3.77. The van der Waals surface area contributed by atoms with Crippen LogP contribution >= 0.6 is 11.3 Å². The SMILES string of the molecule is CCn1c(O)c(C2=c3ccccc3=NC2=O)sc1=Nc1cccnc1. The number of para-hydroxylation sites is 1. The maximum absolute atomic E-state index is 12.4. The second-order valence-corrected chi connectivity index (χ2v) is 6.39. The molecule has 0 unspecified atom stereocenters. The standard InChI is InChI=1S/C18H14N4O2S/c1-2-22-17(24)15(25-18(22)20-11-6-5-9-19-10-11)14-12-7-3-4-8-13(12)21-16(14)23/h3-10,24H,2H2,1H3. The number of nitrogens with zero attached hydrogens (tertiary/aromatic N) is 4. The van der Waals surface area contributed by atoms with Crippen LogP contribution in [0.25, 0.3) is 5.57 Å². The summed E-state index contributed by atoms with van der Waals surface area (Å²) in [5, 5.41) is 12.0. The number of aromatic nitrogens is 2. The van der Waals surface area contributed by atoms with Crippen molar-refractivity contribution in [1.29, 1.82) is 0 Å². The third kappa shape index (κ3) is 2.58. The number of benzene rings is 1. The molecule has 7 heteroatoms. The van der Waals surface area contributed by atoms with Gasteiger partial charge in [0.15, 0.2) is 4.80 Å². The Balaban J connectivity index is 1.99. The van der Waals surface area contributed by atoms with E-state index in [2.05, 4.69) is 15.0 Å². The van der Waals surface area contributed by atoms with E-state index in [-0.39, 0.29) is 11.8 Å². The topological polar surface area (TPSA) is 79.8 Å². The zero-order valence-corrected chi connectivity index (χ0v) is 14.2. The first-order valence-corrected chi connectivity index (χ1v) is 8.61. The van der Waals surface area contributed by atoms with Crippen molar-refractivity contribution in [2.45, 2.75) is 13.5 Å². The zero-order chi connectivity index (χ0) is 17.4. The highest BCUT2D eigenvalue weighted by Crippen LogP contribution is 2.28. The number of carbonyl (C=O) groups excluding carboxylic acids is 1. The molecular formula is C18H14N4O2S. The van der Waals surface area contributed by atoms with Crippen molar-refractivity contribution >= 4 is 28.5 Å². The molecular weight excluding hydrogens is 336 g/mol. The summed E-state index contributed by atoms with van der Waals surface area (Å²) in [4.78, 5) is 26.2. The van der Waals surface area contributed by atoms with Crippen molar-refractivity contribution in [3.8, 4) is 5.88 Å². The fourth-order valence-corrected chi connectivity index (χ4v) is 3.91. The van der Waals surface area contributed by atoms with Gasteiger partial charge in [0, 0.05) is 18.0 Å². The third-order valence-electron chi connectivity index (χ3n) is 3.91. The van der Waals surface area contributed by atoms with Gasteiger partial charge >= 0.3 is 0 Å². The van der Waals surface area contributed by atoms with E-state index in [0.29, 0.717) is 32.8 Å². The molecule has 0 fully saturated rings. The van der Waals surface area contributed by atoms with Gasteiger partial charge in [0.1, 0.15) is 4.88 Å². The van der Waals surface area contributed by atoms with Crippen LogP contribution in [-0.2, 0) is 11.3 Å². The zero-order valence-electron chi connectivity index (χ0n) is 13.4. The minimum atomic E-state index is -0.339. The average molecular weight is 350 g/mol. The lowest BCUT2D eigenvalue weighted by Crippen LogP contribution is -2.22. The molecule has 0 saturated heterocycles. The minimum absolute atomic E-state index is 0.0328. The van der Waals surface area contributed by atoms with Gasteiger partial charge in [-0.3, -0.25) is 14.3 Å². The molecule has 2 aromatic heterocycles. The number of fused-ring (bicyclic) bond motifs is 1. The van der Waals surface area contributed by atoms with E-state index in [1.807, 2.05) is 31.2 Å². The first kappa shape index (κ1) is 15.5. The molecule has 0 atom stereocenters. The smallest absolute Gasteiger partial charge is 0.279 e. The van der Waals surface area contributed by atoms with Gasteiger partial charge in [-0.1, -0.05) is 29.5 Å². The Hall–Kier alpha value is -3.06. The number of hydrogen-bond acceptors (Lipinski definition) is 5. The van der Waals surface area contributed by atoms with Gasteiger partial charge in [-0.05, 0) is 25.1 Å². The number of pyridine rings is 1. The van der Waals surface area contributed by atoms with Crippen LogP contribution in [0.15, 0.2) is 58.8 Å². The fourth-order valence-electron chi connectivity index (χ4n) is 2.75. The predicted molar refractivity (Wildman–Crippen MR) is 93.8 cm³/mol. The second-order valence-electron chi connectivity index (χ2n) is 5.41. The monoisotopic (exact) mass is 350 g/mol. The van der Waals surface area contributed by atoms with Crippen molar-refractivity contribution in [2.24, 2.45) is 9.98 Å². The number of hydrogen-bond donors (Lipinski definition) is 1. The minimum Gasteiger partial charge on any atom is -0.493 e. The van der Waals surface area contributed by atoms with Crippen molar-refractivity contribution in [1.82, 2.24) is 9.55 Å². The Morgan fingerprint density at radius 2 is 2.08 bits per heavy atom. The lowest BCUT2D eigenvalue weighted by atomic mass is 10.1. The van der Waals surface area contributed by atoms with Crippen LogP contribution < -0.4 is 15.4 Å². The predicted octanol–water partition coefficient (Wildman–Crippen LogP) is 1.26. The van der Waals surface area contributed by atoms with Gasteiger partial charge in [-0.15, -0.1) is 0 Å². The molecule has 1 aliphatic heterocycles. The first-order chi connectivity index (χ1) is 12.2. The van der Waals surface area contributed by atoms with E-state index < -0.39 is 0 Å². The van der Waals surface area contributed by atoms with Crippen molar-refractivity contribution in [3.63, 3.8) is 0 Å². The summed E-state index contributed by atoms with van der Waals surface area (Å²) >= 11 is 1.27. The molecule has 0 saturated carbocycles. The third-order valence-corrected chi connectivity index (χ3v) is 4.99. The molecule has 3 heterocycles. The summed E-state index contributed by atoms with van der Waals surface area (Å²) in [5.74, 6) is -0.306. The summed E-state index contributed by atoms with van der Waals surface area (Å²) in [6.45, 7) is 2.44. The highest BCUT2D eigenvalue weighted by Gasteiger charge is 2.25. The van der Waals surface area contributed by atoms with E-state index in [4.69, 9.17) is 0 Å². The highest BCUT2D eigenvalue weighted by molar-refractivity contribution is 7.11. The van der Waals surface area contributed by atoms with E-state index in [9.17, 15) is 9.90 Å². The number of thiazole rings is 1. The molecule has 0 bridgehead atoms. The summed E-state index contributed by atoms with van der Waals surface area (Å²) in [6, 6.07) is 11.0. The molecule has 4 rings (SSSR count). The van der Waals surface area contributed by atoms with Crippen LogP contribution in [0.5, 0.6) is 5.88 Å². The molecule has 6 nitrogen and oxygen atoms in total. The van der Waals surface area contributed by atoms with Gasteiger partial charge in [0.2, 0.25) is 5.88 Å². The summed E-state index contributed by atoms with van der Waals surface area (Å²) in [6.07, 6.45) is 3.32. The Labute approximate surface area is 146 Å². The maximum atomic E-state index is 12.4. The Bertz CT molecular complexity index is 1160. The van der Waals surface area contributed by atoms with Gasteiger partial charge in [-0.2, -0.15) is 0 Å².